The minimum absolute atomic E-state index is 0.131. The van der Waals surface area contributed by atoms with Gasteiger partial charge in [0.25, 0.3) is 0 Å². The summed E-state index contributed by atoms with van der Waals surface area (Å²) in [6.45, 7) is 4.52. The highest BCUT2D eigenvalue weighted by Crippen LogP contribution is 2.25. The molecule has 4 rings (SSSR count). The van der Waals surface area contributed by atoms with Crippen LogP contribution in [0.2, 0.25) is 0 Å². The molecule has 3 aromatic rings. The summed E-state index contributed by atoms with van der Waals surface area (Å²) < 4.78 is 0. The summed E-state index contributed by atoms with van der Waals surface area (Å²) >= 11 is 0. The van der Waals surface area contributed by atoms with Crippen LogP contribution in [0, 0.1) is 13.8 Å². The molecule has 138 valence electrons. The van der Waals surface area contributed by atoms with Gasteiger partial charge in [-0.1, -0.05) is 12.1 Å². The van der Waals surface area contributed by atoms with Gasteiger partial charge < -0.3 is 10.2 Å². The normalized spacial score (nSPS) is 14.1. The van der Waals surface area contributed by atoms with Gasteiger partial charge in [-0.05, 0) is 43.5 Å². The largest absolute Gasteiger partial charge is 0.312 e. The Balaban J connectivity index is 1.52. The van der Waals surface area contributed by atoms with Crippen LogP contribution >= 0.6 is 0 Å². The second-order valence-electron chi connectivity index (χ2n) is 6.75. The average Bonchev–Trinajstić information content (AvgIpc) is 3.25. The van der Waals surface area contributed by atoms with E-state index in [1.165, 1.54) is 0 Å². The molecular weight excluding hydrogens is 344 g/mol. The highest BCUT2D eigenvalue weighted by molar-refractivity contribution is 6.01. The Morgan fingerprint density at radius 3 is 2.93 bits per heavy atom. The third-order valence-electron chi connectivity index (χ3n) is 4.88. The van der Waals surface area contributed by atoms with Gasteiger partial charge in [-0.15, -0.1) is 5.10 Å². The lowest BCUT2D eigenvalue weighted by atomic mass is 10.1. The van der Waals surface area contributed by atoms with Crippen molar-refractivity contribution in [3.63, 3.8) is 0 Å². The first-order valence-corrected chi connectivity index (χ1v) is 8.90. The molecule has 1 aliphatic rings. The molecule has 0 saturated carbocycles. The van der Waals surface area contributed by atoms with Crippen LogP contribution in [-0.2, 0) is 16.0 Å². The lowest BCUT2D eigenvalue weighted by Gasteiger charge is -2.16. The van der Waals surface area contributed by atoms with Crippen molar-refractivity contribution < 1.29 is 9.59 Å². The average molecular weight is 364 g/mol. The molecular formula is C19H20N6O2. The number of anilines is 2. The third-order valence-corrected chi connectivity index (χ3v) is 4.88. The van der Waals surface area contributed by atoms with Crippen LogP contribution in [-0.4, -0.2) is 38.8 Å². The van der Waals surface area contributed by atoms with Crippen molar-refractivity contribution in [3.05, 3.63) is 41.1 Å². The van der Waals surface area contributed by atoms with Gasteiger partial charge in [0.2, 0.25) is 11.8 Å². The van der Waals surface area contributed by atoms with Crippen LogP contribution in [0.4, 0.5) is 11.5 Å². The lowest BCUT2D eigenvalue weighted by Crippen LogP contribution is -2.23. The highest BCUT2D eigenvalue weighted by atomic mass is 16.2. The quantitative estimate of drug-likeness (QED) is 0.739. The van der Waals surface area contributed by atoms with Crippen molar-refractivity contribution >= 4 is 34.4 Å². The topological polar surface area (TPSA) is 104 Å². The van der Waals surface area contributed by atoms with Gasteiger partial charge in [-0.3, -0.25) is 14.7 Å². The molecule has 27 heavy (non-hydrogen) atoms. The second kappa shape index (κ2) is 6.79. The van der Waals surface area contributed by atoms with E-state index in [1.54, 1.807) is 4.90 Å². The van der Waals surface area contributed by atoms with Gasteiger partial charge in [0.05, 0.1) is 17.5 Å². The molecule has 0 aliphatic carbocycles. The first-order chi connectivity index (χ1) is 13.0. The molecule has 8 nitrogen and oxygen atoms in total. The molecule has 3 heterocycles. The van der Waals surface area contributed by atoms with Crippen molar-refractivity contribution in [2.75, 3.05) is 16.8 Å². The fraction of sp³-hybridized carbons (Fsp3) is 0.316. The summed E-state index contributed by atoms with van der Waals surface area (Å²) in [5.74, 6) is 0.407. The number of H-pyrrole nitrogens is 1. The molecule has 2 amide bonds. The summed E-state index contributed by atoms with van der Waals surface area (Å²) in [5.41, 5.74) is 3.95. The third kappa shape index (κ3) is 3.25. The Hall–Kier alpha value is -3.29. The minimum Gasteiger partial charge on any atom is -0.312 e. The van der Waals surface area contributed by atoms with Gasteiger partial charge in [0, 0.05) is 18.7 Å². The molecule has 1 aromatic carbocycles. The number of rotatable bonds is 4. The van der Waals surface area contributed by atoms with Crippen LogP contribution in [0.1, 0.15) is 29.7 Å². The highest BCUT2D eigenvalue weighted by Gasteiger charge is 2.22. The number of amides is 2. The second-order valence-corrected chi connectivity index (χ2v) is 6.75. The van der Waals surface area contributed by atoms with E-state index < -0.39 is 0 Å². The van der Waals surface area contributed by atoms with Crippen LogP contribution in [0.5, 0.6) is 0 Å². The van der Waals surface area contributed by atoms with Crippen LogP contribution < -0.4 is 10.2 Å². The summed E-state index contributed by atoms with van der Waals surface area (Å²) in [6, 6.07) is 7.55. The number of nitrogens with zero attached hydrogens (tertiary/aromatic N) is 4. The van der Waals surface area contributed by atoms with Crippen LogP contribution in [0.15, 0.2) is 24.3 Å². The van der Waals surface area contributed by atoms with Gasteiger partial charge >= 0.3 is 0 Å². The van der Waals surface area contributed by atoms with Crippen molar-refractivity contribution in [1.82, 2.24) is 20.4 Å². The fourth-order valence-corrected chi connectivity index (χ4v) is 3.35. The molecule has 0 spiro atoms. The Kier molecular flexibility index (Phi) is 4.31. The summed E-state index contributed by atoms with van der Waals surface area (Å²) in [7, 11) is 0. The van der Waals surface area contributed by atoms with E-state index in [0.29, 0.717) is 17.9 Å². The maximum atomic E-state index is 12.5. The van der Waals surface area contributed by atoms with E-state index in [-0.39, 0.29) is 18.2 Å². The number of hydrogen-bond acceptors (Lipinski definition) is 5. The number of carbonyl (C=O) groups is 2. The zero-order chi connectivity index (χ0) is 19.0. The smallest absolute Gasteiger partial charge is 0.230 e. The van der Waals surface area contributed by atoms with Gasteiger partial charge in [-0.25, -0.2) is 0 Å². The van der Waals surface area contributed by atoms with E-state index in [2.05, 4.69) is 25.7 Å². The first-order valence-electron chi connectivity index (χ1n) is 8.90. The van der Waals surface area contributed by atoms with E-state index >= 15 is 0 Å². The molecule has 8 heteroatoms. The molecule has 0 atom stereocenters. The van der Waals surface area contributed by atoms with Gasteiger partial charge in [-0.2, -0.15) is 10.2 Å². The predicted octanol–water partition coefficient (Wildman–Crippen LogP) is 2.28. The number of aryl methyl sites for hydroxylation is 2. The monoisotopic (exact) mass is 364 g/mol. The summed E-state index contributed by atoms with van der Waals surface area (Å²) in [6.07, 6.45) is 1.65. The van der Waals surface area contributed by atoms with Gasteiger partial charge in [0.15, 0.2) is 11.5 Å². The zero-order valence-electron chi connectivity index (χ0n) is 15.2. The molecule has 1 saturated heterocycles. The van der Waals surface area contributed by atoms with Gasteiger partial charge in [0.1, 0.15) is 0 Å². The van der Waals surface area contributed by atoms with E-state index in [0.717, 1.165) is 40.9 Å². The van der Waals surface area contributed by atoms with E-state index in [1.807, 2.05) is 38.1 Å². The number of hydrogen-bond donors (Lipinski definition) is 2. The summed E-state index contributed by atoms with van der Waals surface area (Å²) in [5, 5.41) is 18.7. The van der Waals surface area contributed by atoms with E-state index in [4.69, 9.17) is 0 Å². The Bertz CT molecular complexity index is 1040. The maximum Gasteiger partial charge on any atom is 0.230 e. The molecule has 2 aromatic heterocycles. The SMILES string of the molecule is Cc1nnc2[nH]nc(NC(=O)Cc3cccc(N4CCCC4=O)c3)c2c1C. The molecule has 1 fully saturated rings. The minimum atomic E-state index is -0.179. The Morgan fingerprint density at radius 2 is 2.15 bits per heavy atom. The molecule has 0 radical (unpaired) electrons. The number of benzene rings is 1. The van der Waals surface area contributed by atoms with E-state index in [9.17, 15) is 9.59 Å². The lowest BCUT2D eigenvalue weighted by molar-refractivity contribution is -0.117. The number of aromatic nitrogens is 4. The number of carbonyl (C=O) groups excluding carboxylic acids is 2. The first kappa shape index (κ1) is 17.1. The van der Waals surface area contributed by atoms with Crippen LogP contribution in [0.3, 0.4) is 0 Å². The molecule has 2 N–H and O–H groups in total. The zero-order valence-corrected chi connectivity index (χ0v) is 15.2. The Morgan fingerprint density at radius 1 is 1.30 bits per heavy atom. The number of nitrogens with one attached hydrogen (secondary N) is 2. The van der Waals surface area contributed by atoms with Crippen molar-refractivity contribution in [1.29, 1.82) is 0 Å². The molecule has 0 unspecified atom stereocenters. The summed E-state index contributed by atoms with van der Waals surface area (Å²) in [4.78, 5) is 26.2. The van der Waals surface area contributed by atoms with Crippen molar-refractivity contribution in [2.24, 2.45) is 0 Å². The fourth-order valence-electron chi connectivity index (χ4n) is 3.35. The molecule has 1 aliphatic heterocycles. The predicted molar refractivity (Wildman–Crippen MR) is 102 cm³/mol. The maximum absolute atomic E-state index is 12.5. The van der Waals surface area contributed by atoms with Crippen LogP contribution in [0.25, 0.3) is 11.0 Å². The van der Waals surface area contributed by atoms with Crippen molar-refractivity contribution in [2.45, 2.75) is 33.1 Å². The standard InChI is InChI=1S/C19H20N6O2/c1-11-12(2)21-23-19-17(11)18(22-24-19)20-15(26)10-13-5-3-6-14(9-13)25-8-4-7-16(25)27/h3,5-6,9H,4,7-8,10H2,1-2H3,(H2,20,22,23,24,26). The Labute approximate surface area is 156 Å². The van der Waals surface area contributed by atoms with Crippen molar-refractivity contribution in [3.8, 4) is 0 Å². The molecule has 0 bridgehead atoms. The number of aromatic amines is 1. The number of fused-ring (bicyclic) bond motifs is 1.